The van der Waals surface area contributed by atoms with Gasteiger partial charge in [0.2, 0.25) is 0 Å². The van der Waals surface area contributed by atoms with E-state index < -0.39 is 0 Å². The fourth-order valence-electron chi connectivity index (χ4n) is 1.15. The van der Waals surface area contributed by atoms with Gasteiger partial charge in [-0.15, -0.1) is 0 Å². The maximum absolute atomic E-state index is 13.1. The topological polar surface area (TPSA) is 26.3 Å². The Morgan fingerprint density at radius 3 is 2.69 bits per heavy atom. The van der Waals surface area contributed by atoms with Crippen molar-refractivity contribution in [3.8, 4) is 5.75 Å². The van der Waals surface area contributed by atoms with Crippen LogP contribution in [-0.2, 0) is 6.42 Å². The predicted molar refractivity (Wildman–Crippen MR) is 47.7 cm³/mol. The fourth-order valence-corrected chi connectivity index (χ4v) is 1.15. The lowest BCUT2D eigenvalue weighted by atomic mass is 10.1. The average molecular weight is 182 g/mol. The third-order valence-electron chi connectivity index (χ3n) is 1.91. The lowest BCUT2D eigenvalue weighted by Gasteiger charge is -2.06. The van der Waals surface area contributed by atoms with Crippen molar-refractivity contribution in [3.63, 3.8) is 0 Å². The number of rotatable bonds is 3. The molecule has 13 heavy (non-hydrogen) atoms. The van der Waals surface area contributed by atoms with E-state index in [0.29, 0.717) is 24.0 Å². The van der Waals surface area contributed by atoms with E-state index in [0.717, 1.165) is 0 Å². The van der Waals surface area contributed by atoms with Crippen molar-refractivity contribution in [2.75, 3.05) is 7.11 Å². The molecule has 0 aliphatic rings. The third-order valence-corrected chi connectivity index (χ3v) is 1.91. The molecule has 0 N–H and O–H groups in total. The number of hydrogen-bond donors (Lipinski definition) is 0. The first-order valence-electron chi connectivity index (χ1n) is 4.04. The molecule has 0 aliphatic carbocycles. The quantitative estimate of drug-likeness (QED) is 0.670. The molecule has 0 saturated heterocycles. The summed E-state index contributed by atoms with van der Waals surface area (Å²) in [6.45, 7) is 1.85. The highest BCUT2D eigenvalue weighted by Gasteiger charge is 2.07. The minimum Gasteiger partial charge on any atom is -0.496 e. The molecule has 3 heteroatoms. The van der Waals surface area contributed by atoms with Gasteiger partial charge in [-0.3, -0.25) is 4.79 Å². The van der Waals surface area contributed by atoms with Crippen molar-refractivity contribution >= 4 is 6.29 Å². The van der Waals surface area contributed by atoms with Gasteiger partial charge in [0.15, 0.2) is 6.29 Å². The van der Waals surface area contributed by atoms with Gasteiger partial charge in [0.05, 0.1) is 12.7 Å². The lowest BCUT2D eigenvalue weighted by molar-refractivity contribution is 0.112. The zero-order valence-corrected chi connectivity index (χ0v) is 7.63. The van der Waals surface area contributed by atoms with Gasteiger partial charge in [-0.1, -0.05) is 6.92 Å². The van der Waals surface area contributed by atoms with Crippen molar-refractivity contribution in [1.82, 2.24) is 0 Å². The number of methoxy groups -OCH3 is 1. The second-order valence-electron chi connectivity index (χ2n) is 2.66. The van der Waals surface area contributed by atoms with Crippen LogP contribution in [0.1, 0.15) is 22.8 Å². The molecule has 0 unspecified atom stereocenters. The van der Waals surface area contributed by atoms with Crippen molar-refractivity contribution in [3.05, 3.63) is 29.1 Å². The van der Waals surface area contributed by atoms with Crippen LogP contribution in [0.2, 0.25) is 0 Å². The van der Waals surface area contributed by atoms with Gasteiger partial charge in [-0.05, 0) is 24.1 Å². The molecule has 0 saturated carbocycles. The molecule has 0 radical (unpaired) electrons. The van der Waals surface area contributed by atoms with Gasteiger partial charge in [-0.2, -0.15) is 0 Å². The van der Waals surface area contributed by atoms with E-state index in [-0.39, 0.29) is 11.4 Å². The van der Waals surface area contributed by atoms with Crippen LogP contribution in [0.25, 0.3) is 0 Å². The summed E-state index contributed by atoms with van der Waals surface area (Å²) in [6.07, 6.45) is 1.17. The number of aryl methyl sites for hydroxylation is 1. The van der Waals surface area contributed by atoms with Gasteiger partial charge < -0.3 is 4.74 Å². The van der Waals surface area contributed by atoms with Gasteiger partial charge in [0.1, 0.15) is 11.6 Å². The first-order valence-corrected chi connectivity index (χ1v) is 4.04. The smallest absolute Gasteiger partial charge is 0.153 e. The number of halogens is 1. The minimum absolute atomic E-state index is 0.247. The summed E-state index contributed by atoms with van der Waals surface area (Å²) in [5.74, 6) is 0.0682. The van der Waals surface area contributed by atoms with E-state index in [2.05, 4.69) is 0 Å². The second-order valence-corrected chi connectivity index (χ2v) is 2.66. The maximum atomic E-state index is 13.1. The van der Waals surface area contributed by atoms with E-state index >= 15 is 0 Å². The van der Waals surface area contributed by atoms with Crippen molar-refractivity contribution in [2.24, 2.45) is 0 Å². The Balaban J connectivity index is 3.26. The number of aldehydes is 1. The highest BCUT2D eigenvalue weighted by Crippen LogP contribution is 2.21. The molecule has 1 aromatic rings. The van der Waals surface area contributed by atoms with Crippen LogP contribution in [0.3, 0.4) is 0 Å². The second kappa shape index (κ2) is 4.03. The van der Waals surface area contributed by atoms with Crippen LogP contribution in [0.5, 0.6) is 5.75 Å². The first kappa shape index (κ1) is 9.71. The Morgan fingerprint density at radius 1 is 1.54 bits per heavy atom. The van der Waals surface area contributed by atoms with Crippen LogP contribution >= 0.6 is 0 Å². The summed E-state index contributed by atoms with van der Waals surface area (Å²) >= 11 is 0. The summed E-state index contributed by atoms with van der Waals surface area (Å²) in [4.78, 5) is 10.5. The van der Waals surface area contributed by atoms with Crippen molar-refractivity contribution in [1.29, 1.82) is 0 Å². The van der Waals surface area contributed by atoms with Crippen LogP contribution in [0.4, 0.5) is 4.39 Å². The summed E-state index contributed by atoms with van der Waals surface area (Å²) in [7, 11) is 1.46. The van der Waals surface area contributed by atoms with Crippen LogP contribution < -0.4 is 4.74 Å². The molecule has 0 atom stereocenters. The van der Waals surface area contributed by atoms with Crippen LogP contribution in [-0.4, -0.2) is 13.4 Å². The SMILES string of the molecule is CCc1cc(OC)c(C=O)cc1F. The van der Waals surface area contributed by atoms with E-state index in [4.69, 9.17) is 4.74 Å². The number of benzene rings is 1. The molecule has 70 valence electrons. The van der Waals surface area contributed by atoms with Crippen LogP contribution in [0, 0.1) is 5.82 Å². The summed E-state index contributed by atoms with van der Waals surface area (Å²) in [6, 6.07) is 2.75. The van der Waals surface area contributed by atoms with E-state index in [1.807, 2.05) is 6.92 Å². The molecule has 1 rings (SSSR count). The van der Waals surface area contributed by atoms with E-state index in [1.54, 1.807) is 6.07 Å². The van der Waals surface area contributed by atoms with Crippen molar-refractivity contribution in [2.45, 2.75) is 13.3 Å². The Kier molecular flexibility index (Phi) is 3.01. The first-order chi connectivity index (χ1) is 6.22. The molecule has 1 aromatic carbocycles. The van der Waals surface area contributed by atoms with Gasteiger partial charge in [-0.25, -0.2) is 4.39 Å². The molecule has 0 bridgehead atoms. The Bertz CT molecular complexity index is 321. The maximum Gasteiger partial charge on any atom is 0.153 e. The minimum atomic E-state index is -0.356. The fraction of sp³-hybridized carbons (Fsp3) is 0.300. The average Bonchev–Trinajstić information content (AvgIpc) is 2.17. The molecule has 0 amide bonds. The molecule has 0 aromatic heterocycles. The Hall–Kier alpha value is -1.38. The molecule has 0 fully saturated rings. The number of carbonyl (C=O) groups excluding carboxylic acids is 1. The monoisotopic (exact) mass is 182 g/mol. The molecular formula is C10H11FO2. The van der Waals surface area contributed by atoms with Gasteiger partial charge in [0, 0.05) is 0 Å². The molecule has 0 aliphatic heterocycles. The highest BCUT2D eigenvalue weighted by atomic mass is 19.1. The van der Waals surface area contributed by atoms with E-state index in [9.17, 15) is 9.18 Å². The molecular weight excluding hydrogens is 171 g/mol. The van der Waals surface area contributed by atoms with Gasteiger partial charge in [0.25, 0.3) is 0 Å². The third kappa shape index (κ3) is 1.86. The van der Waals surface area contributed by atoms with Crippen molar-refractivity contribution < 1.29 is 13.9 Å². The lowest BCUT2D eigenvalue weighted by Crippen LogP contribution is -1.96. The summed E-state index contributed by atoms with van der Waals surface area (Å²) in [5, 5.41) is 0. The largest absolute Gasteiger partial charge is 0.496 e. The zero-order chi connectivity index (χ0) is 9.84. The Labute approximate surface area is 76.3 Å². The van der Waals surface area contributed by atoms with Gasteiger partial charge >= 0.3 is 0 Å². The highest BCUT2D eigenvalue weighted by molar-refractivity contribution is 5.79. The number of hydrogen-bond acceptors (Lipinski definition) is 2. The molecule has 0 heterocycles. The number of carbonyl (C=O) groups is 1. The summed E-state index contributed by atoms with van der Waals surface area (Å²) in [5.41, 5.74) is 0.805. The zero-order valence-electron chi connectivity index (χ0n) is 7.63. The van der Waals surface area contributed by atoms with E-state index in [1.165, 1.54) is 13.2 Å². The standard InChI is InChI=1S/C10H11FO2/c1-3-7-5-10(13-2)8(6-12)4-9(7)11/h4-6H,3H2,1-2H3. The molecule has 0 spiro atoms. The van der Waals surface area contributed by atoms with Crippen LogP contribution in [0.15, 0.2) is 12.1 Å². The number of ether oxygens (including phenoxy) is 1. The predicted octanol–water partition coefficient (Wildman–Crippen LogP) is 2.21. The normalized spacial score (nSPS) is 9.77. The molecule has 2 nitrogen and oxygen atoms in total. The summed E-state index contributed by atoms with van der Waals surface area (Å²) < 4.78 is 18.1. The Morgan fingerprint density at radius 2 is 2.23 bits per heavy atom.